The molecule has 136 valence electrons. The van der Waals surface area contributed by atoms with Gasteiger partial charge in [-0.15, -0.1) is 0 Å². The van der Waals surface area contributed by atoms with Crippen LogP contribution in [0.2, 0.25) is 0 Å². The Morgan fingerprint density at radius 1 is 0.591 bits per heavy atom. The van der Waals surface area contributed by atoms with Gasteiger partial charge >= 0.3 is 10.2 Å². The molecule has 0 bridgehead atoms. The van der Waals surface area contributed by atoms with Crippen LogP contribution in [-0.4, -0.2) is 60.0 Å². The first-order chi connectivity index (χ1) is 10.4. The molecule has 0 fully saturated rings. The smallest absolute Gasteiger partial charge is 0.397 e. The Morgan fingerprint density at radius 2 is 0.727 bits per heavy atom. The van der Waals surface area contributed by atoms with Gasteiger partial charge in [-0.3, -0.25) is 0 Å². The van der Waals surface area contributed by atoms with Crippen molar-refractivity contribution in [1.29, 1.82) is 0 Å². The second-order valence-electron chi connectivity index (χ2n) is 2.75. The van der Waals surface area contributed by atoms with E-state index in [1.54, 1.807) is 41.5 Å². The Labute approximate surface area is 131 Å². The summed E-state index contributed by atoms with van der Waals surface area (Å²) in [6.45, 7) is 12.1. The largest absolute Gasteiger partial charge is 0.477 e. The minimum atomic E-state index is 0.111. The average molecular weight is 332 g/mol. The monoisotopic (exact) mass is 332 g/mol. The third kappa shape index (κ3) is 51.6. The third-order valence-electron chi connectivity index (χ3n) is 0.938. The highest BCUT2D eigenvalue weighted by atomic mass is 17.0. The van der Waals surface area contributed by atoms with Crippen LogP contribution in [0.4, 0.5) is 0 Å². The van der Waals surface area contributed by atoms with E-state index in [1.165, 1.54) is 0 Å². The highest BCUT2D eigenvalue weighted by molar-refractivity contribution is 3.94. The van der Waals surface area contributed by atoms with E-state index in [9.17, 15) is 9.81 Å². The van der Waals surface area contributed by atoms with Gasteiger partial charge in [0.2, 0.25) is 0 Å². The van der Waals surface area contributed by atoms with Gasteiger partial charge in [0.05, 0.1) is 0 Å². The topological polar surface area (TPSA) is 118 Å². The molecule has 0 aromatic heterocycles. The van der Waals surface area contributed by atoms with Gasteiger partial charge in [-0.2, -0.15) is 19.4 Å². The Balaban J connectivity index is -0.000000109. The van der Waals surface area contributed by atoms with Crippen LogP contribution in [0.25, 0.3) is 0 Å². The predicted octanol–water partition coefficient (Wildman–Crippen LogP) is 1.33. The fourth-order valence-electron chi connectivity index (χ4n) is 0.496. The molecule has 2 N–H and O–H groups in total. The van der Waals surface area contributed by atoms with E-state index in [0.29, 0.717) is 26.4 Å². The molecule has 0 unspecified atom stereocenters. The maximum absolute atomic E-state index is 10.1. The lowest BCUT2D eigenvalue weighted by Gasteiger charge is -1.84. The van der Waals surface area contributed by atoms with Crippen LogP contribution in [0.5, 0.6) is 0 Å². The van der Waals surface area contributed by atoms with Gasteiger partial charge in [0, 0.05) is 13.2 Å². The van der Waals surface area contributed by atoms with Crippen LogP contribution < -0.4 is 0 Å². The number of nitrogens with zero attached hydrogens (tertiary/aromatic N) is 2. The molecule has 0 atom stereocenters. The second-order valence-corrected chi connectivity index (χ2v) is 2.75. The molecule has 10 nitrogen and oxygen atoms in total. The molecule has 0 aliphatic heterocycles. The highest BCUT2D eigenvalue weighted by Crippen LogP contribution is 1.78. The number of rotatable bonds is 8. The van der Waals surface area contributed by atoms with Crippen molar-refractivity contribution < 1.29 is 39.7 Å². The van der Waals surface area contributed by atoms with Crippen LogP contribution in [0.1, 0.15) is 41.5 Å². The number of hydrogen-bond donors (Lipinski definition) is 2. The summed E-state index contributed by atoms with van der Waals surface area (Å²) in [6, 6.07) is 0. The minimum absolute atomic E-state index is 0.111. The summed E-state index contributed by atoms with van der Waals surface area (Å²) < 4.78 is 0. The molecule has 0 aromatic carbocycles. The Morgan fingerprint density at radius 3 is 0.818 bits per heavy atom. The van der Waals surface area contributed by atoms with Crippen LogP contribution in [0.3, 0.4) is 0 Å². The molecule has 0 saturated heterocycles. The van der Waals surface area contributed by atoms with Gasteiger partial charge in [0.15, 0.2) is 26.4 Å². The van der Waals surface area contributed by atoms with Gasteiger partial charge in [0.25, 0.3) is 0 Å². The third-order valence-corrected chi connectivity index (χ3v) is 0.938. The fraction of sp³-hybridized carbons (Fsp3) is 1.00. The van der Waals surface area contributed by atoms with E-state index in [2.05, 4.69) is 19.4 Å². The SMILES string of the molecule is CCO.CCO.CCO[N+](=O)OCC.CCO[N+](=O)OCC. The summed E-state index contributed by atoms with van der Waals surface area (Å²) in [6.07, 6.45) is 0. The molecule has 0 aliphatic rings. The maximum atomic E-state index is 10.1. The standard InChI is InChI=1S/2C4H10NO3.2C2H6O/c2*1-3-7-5(6)8-4-2;2*1-2-3/h2*3-4H2,1-2H3;2*3H,2H2,1H3/q2*+1;;. The lowest BCUT2D eigenvalue weighted by atomic mass is 10.9. The molecular formula is C12H32N2O8+2. The summed E-state index contributed by atoms with van der Waals surface area (Å²) in [7, 11) is 0. The molecule has 0 aromatic rings. The van der Waals surface area contributed by atoms with Gasteiger partial charge in [-0.05, 0) is 41.5 Å². The summed E-state index contributed by atoms with van der Waals surface area (Å²) in [5, 5.41) is 15.4. The first-order valence-corrected chi connectivity index (χ1v) is 7.13. The first kappa shape index (κ1) is 28.5. The van der Waals surface area contributed by atoms with Gasteiger partial charge in [0.1, 0.15) is 9.81 Å². The van der Waals surface area contributed by atoms with E-state index in [4.69, 9.17) is 10.2 Å². The lowest BCUT2D eigenvalue weighted by Crippen LogP contribution is -2.09. The molecule has 0 radical (unpaired) electrons. The summed E-state index contributed by atoms with van der Waals surface area (Å²) in [5.74, 6) is 0. The fourth-order valence-corrected chi connectivity index (χ4v) is 0.496. The van der Waals surface area contributed by atoms with Gasteiger partial charge in [-0.1, -0.05) is 0 Å². The summed E-state index contributed by atoms with van der Waals surface area (Å²) in [4.78, 5) is 37.6. The first-order valence-electron chi connectivity index (χ1n) is 7.13. The van der Waals surface area contributed by atoms with E-state index >= 15 is 0 Å². The maximum Gasteiger partial charge on any atom is 0.477 e. The Hall–Kier alpha value is -1.68. The minimum Gasteiger partial charge on any atom is -0.397 e. The normalized spacial score (nSPS) is 7.64. The van der Waals surface area contributed by atoms with Crippen molar-refractivity contribution in [2.75, 3.05) is 39.6 Å². The van der Waals surface area contributed by atoms with Crippen LogP contribution in [0.15, 0.2) is 0 Å². The highest BCUT2D eigenvalue weighted by Gasteiger charge is 2.06. The van der Waals surface area contributed by atoms with E-state index in [0.717, 1.165) is 0 Å². The molecule has 0 spiro atoms. The molecular weight excluding hydrogens is 300 g/mol. The zero-order chi connectivity index (χ0) is 18.2. The van der Waals surface area contributed by atoms with Crippen molar-refractivity contribution in [3.05, 3.63) is 9.81 Å². The van der Waals surface area contributed by atoms with Crippen LogP contribution in [0, 0.1) is 9.81 Å². The molecule has 0 amide bonds. The van der Waals surface area contributed by atoms with E-state index < -0.39 is 0 Å². The molecule has 10 heteroatoms. The molecule has 0 heterocycles. The molecule has 0 rings (SSSR count). The van der Waals surface area contributed by atoms with Crippen LogP contribution >= 0.6 is 0 Å². The van der Waals surface area contributed by atoms with Crippen molar-refractivity contribution in [1.82, 2.24) is 0 Å². The lowest BCUT2D eigenvalue weighted by molar-refractivity contribution is -0.980. The summed E-state index contributed by atoms with van der Waals surface area (Å²) >= 11 is 0. The Bertz CT molecular complexity index is 179. The molecule has 22 heavy (non-hydrogen) atoms. The zero-order valence-corrected chi connectivity index (χ0v) is 14.5. The second kappa shape index (κ2) is 31.6. The van der Waals surface area contributed by atoms with Gasteiger partial charge in [-0.25, -0.2) is 0 Å². The van der Waals surface area contributed by atoms with Crippen molar-refractivity contribution in [3.63, 3.8) is 0 Å². The number of aliphatic hydroxyl groups excluding tert-OH is 2. The van der Waals surface area contributed by atoms with E-state index in [-0.39, 0.29) is 23.4 Å². The number of hydrogen-bond acceptors (Lipinski definition) is 8. The van der Waals surface area contributed by atoms with Crippen molar-refractivity contribution >= 4 is 0 Å². The van der Waals surface area contributed by atoms with Crippen molar-refractivity contribution in [2.45, 2.75) is 41.5 Å². The van der Waals surface area contributed by atoms with E-state index in [1.807, 2.05) is 0 Å². The summed E-state index contributed by atoms with van der Waals surface area (Å²) in [5.41, 5.74) is 0. The number of aliphatic hydroxyl groups is 2. The average Bonchev–Trinajstić information content (AvgIpc) is 2.42. The van der Waals surface area contributed by atoms with Crippen molar-refractivity contribution in [3.8, 4) is 0 Å². The Kier molecular flexibility index (Phi) is 40.9. The van der Waals surface area contributed by atoms with Crippen molar-refractivity contribution in [2.24, 2.45) is 0 Å². The predicted molar refractivity (Wildman–Crippen MR) is 79.3 cm³/mol. The molecule has 0 saturated carbocycles. The van der Waals surface area contributed by atoms with Gasteiger partial charge < -0.3 is 10.2 Å². The molecule has 0 aliphatic carbocycles. The van der Waals surface area contributed by atoms with Crippen LogP contribution in [-0.2, 0) is 19.4 Å². The zero-order valence-electron chi connectivity index (χ0n) is 14.5. The quantitative estimate of drug-likeness (QED) is 0.639.